The first-order chi connectivity index (χ1) is 38.1. The van der Waals surface area contributed by atoms with Crippen molar-refractivity contribution >= 4 is 0 Å². The van der Waals surface area contributed by atoms with Gasteiger partial charge in [0.15, 0.2) is 0 Å². The minimum Gasteiger partial charge on any atom is -0.393 e. The van der Waals surface area contributed by atoms with Gasteiger partial charge in [-0.15, -0.1) is 0 Å². The second-order valence-corrected chi connectivity index (χ2v) is 25.4. The highest BCUT2D eigenvalue weighted by Crippen LogP contribution is 2.43. The fourth-order valence-electron chi connectivity index (χ4n) is 10.3. The van der Waals surface area contributed by atoms with E-state index in [1.807, 2.05) is 0 Å². The molecule has 1 N–H and O–H groups in total. The normalized spacial score (nSPS) is 21.1. The van der Waals surface area contributed by atoms with E-state index in [0.717, 1.165) is 12.8 Å². The van der Waals surface area contributed by atoms with Crippen molar-refractivity contribution in [3.63, 3.8) is 0 Å². The number of allylic oxidation sites excluding steroid dienone is 47. The molecule has 0 heterocycles. The Morgan fingerprint density at radius 2 is 0.580 bits per heavy atom. The first kappa shape index (κ1) is 70.8. The quantitative estimate of drug-likeness (QED) is 0.107. The Morgan fingerprint density at radius 3 is 0.840 bits per heavy atom. The van der Waals surface area contributed by atoms with Gasteiger partial charge in [-0.25, -0.2) is 0 Å². The largest absolute Gasteiger partial charge is 0.393 e. The molecule has 81 heavy (non-hydrogen) atoms. The number of hydrogen-bond acceptors (Lipinski definition) is 1. The Balaban J connectivity index is 0.000000554. The van der Waals surface area contributed by atoms with Crippen LogP contribution in [-0.4, -0.2) is 11.2 Å². The van der Waals surface area contributed by atoms with Crippen molar-refractivity contribution < 1.29 is 5.11 Å². The molecule has 3 aliphatic carbocycles. The molecule has 0 bridgehead atoms. The third kappa shape index (κ3) is 30.4. The highest BCUT2D eigenvalue weighted by molar-refractivity contribution is 5.41. The van der Waals surface area contributed by atoms with Gasteiger partial charge in [-0.05, 0) is 181 Å². The summed E-state index contributed by atoms with van der Waals surface area (Å²) in [4.78, 5) is 0. The van der Waals surface area contributed by atoms with Crippen molar-refractivity contribution in [2.24, 2.45) is 16.2 Å². The van der Waals surface area contributed by atoms with E-state index in [4.69, 9.17) is 0 Å². The van der Waals surface area contributed by atoms with Crippen LogP contribution in [-0.2, 0) is 0 Å². The molecule has 0 unspecified atom stereocenters. The number of hydrogen-bond donors (Lipinski definition) is 1. The number of aliphatic hydroxyl groups excluding tert-OH is 1. The van der Waals surface area contributed by atoms with Gasteiger partial charge in [0.2, 0.25) is 0 Å². The Morgan fingerprint density at radius 1 is 0.333 bits per heavy atom. The number of aliphatic hydroxyl groups is 1. The molecule has 436 valence electrons. The van der Waals surface area contributed by atoms with Gasteiger partial charge in [-0.2, -0.15) is 0 Å². The van der Waals surface area contributed by atoms with E-state index >= 15 is 0 Å². The van der Waals surface area contributed by atoms with Crippen molar-refractivity contribution in [1.29, 1.82) is 0 Å². The van der Waals surface area contributed by atoms with Gasteiger partial charge in [-0.1, -0.05) is 308 Å². The molecule has 0 radical (unpaired) electrons. The third-order valence-corrected chi connectivity index (χ3v) is 15.1. The Bertz CT molecular complexity index is 2870. The zero-order valence-electron chi connectivity index (χ0n) is 54.7. The molecule has 0 aromatic heterocycles. The smallest absolute Gasteiger partial charge is 0.0585 e. The van der Waals surface area contributed by atoms with E-state index in [1.165, 1.54) is 117 Å². The SMILES string of the molecule is CC(C)=C\C=C/C(C)=C/C=C/C(C)=C/C=C/C(C)=C/C=C/C=C(C)/C=C/C=C(C)/C=C/C1=C(C)CCCC1(C)C.CC1=C(/C=C/C(C)=C/C=C/C(C)=C/C=C/C=C(C)/C=C/C=C(C)/C=C/C2=C(C)C[C@@H](O)CC2(C)C)C(C)(C)CCC1. The van der Waals surface area contributed by atoms with Gasteiger partial charge < -0.3 is 5.11 Å². The van der Waals surface area contributed by atoms with Crippen molar-refractivity contribution in [1.82, 2.24) is 0 Å². The van der Waals surface area contributed by atoms with Crippen LogP contribution in [0, 0.1) is 16.2 Å². The topological polar surface area (TPSA) is 20.2 Å². The van der Waals surface area contributed by atoms with Crippen LogP contribution < -0.4 is 0 Å². The van der Waals surface area contributed by atoms with E-state index < -0.39 is 0 Å². The summed E-state index contributed by atoms with van der Waals surface area (Å²) in [6.07, 6.45) is 77.9. The van der Waals surface area contributed by atoms with E-state index in [1.54, 1.807) is 11.1 Å². The molecule has 0 aromatic rings. The summed E-state index contributed by atoms with van der Waals surface area (Å²) in [7, 11) is 0. The van der Waals surface area contributed by atoms with Crippen molar-refractivity contribution in [2.45, 2.75) is 196 Å². The first-order valence-electron chi connectivity index (χ1n) is 30.0. The van der Waals surface area contributed by atoms with Gasteiger partial charge in [0, 0.05) is 0 Å². The van der Waals surface area contributed by atoms with E-state index in [9.17, 15) is 5.11 Å². The van der Waals surface area contributed by atoms with Crippen LogP contribution in [0.25, 0.3) is 0 Å². The average Bonchev–Trinajstić information content (AvgIpc) is 3.35. The predicted octanol–water partition coefficient (Wildman–Crippen LogP) is 24.1. The van der Waals surface area contributed by atoms with Crippen molar-refractivity contribution in [3.05, 3.63) is 284 Å². The van der Waals surface area contributed by atoms with Crippen LogP contribution in [0.3, 0.4) is 0 Å². The van der Waals surface area contributed by atoms with E-state index in [2.05, 4.69) is 333 Å². The van der Waals surface area contributed by atoms with Crippen molar-refractivity contribution in [2.75, 3.05) is 0 Å². The Kier molecular flexibility index (Phi) is 32.3. The van der Waals surface area contributed by atoms with Gasteiger partial charge in [0.25, 0.3) is 0 Å². The predicted molar refractivity (Wildman–Crippen MR) is 366 cm³/mol. The molecule has 3 rings (SSSR count). The summed E-state index contributed by atoms with van der Waals surface area (Å²) >= 11 is 0. The van der Waals surface area contributed by atoms with Gasteiger partial charge in [0.05, 0.1) is 6.10 Å². The Hall–Kier alpha value is -6.28. The van der Waals surface area contributed by atoms with E-state index in [0.29, 0.717) is 0 Å². The number of rotatable bonds is 22. The summed E-state index contributed by atoms with van der Waals surface area (Å²) in [5.74, 6) is 0. The minimum atomic E-state index is -0.220. The summed E-state index contributed by atoms with van der Waals surface area (Å²) in [6.45, 7) is 44.0. The molecular weight excluding hydrogens is 977 g/mol. The standard InChI is InChI=1S/C40H56O.C40H54/c1-30(18-13-20-32(3)23-25-37-34(5)22-15-27-39(37,7)8)16-11-12-17-31(2)19-14-21-33(4)24-26-38-35(6)28-36(41)29-40(38,9)10;1-32(2)18-13-21-35(5)24-15-26-36(6)25-14-22-33(3)19-11-12-20-34(4)23-16-27-37(7)29-30-39-38(8)28-17-31-40(39,9)10/h11-14,16-21,23-26,36,41H,15,22,27-29H2,1-10H3;11-16,18-27,29-30H,17,28,31H2,1-10H3/b12-11+,18-13+,19-14+,25-23+,26-24+,30-16+,31-17+,32-20+,33-21+;12-11+,21-13-,22-14+,23-16+,26-15+,30-29+,33-19+,34-20+,35-24+,36-25+,37-27+/t36-;/m1./s1. The van der Waals surface area contributed by atoms with Crippen LogP contribution in [0.15, 0.2) is 284 Å². The average molecular weight is 1090 g/mol. The third-order valence-electron chi connectivity index (χ3n) is 15.1. The van der Waals surface area contributed by atoms with Crippen LogP contribution in [0.5, 0.6) is 0 Å². The molecule has 0 fully saturated rings. The van der Waals surface area contributed by atoms with Crippen LogP contribution in [0.2, 0.25) is 0 Å². The fraction of sp³-hybridized carbons (Fsp3) is 0.400. The second-order valence-electron chi connectivity index (χ2n) is 25.4. The molecule has 0 amide bonds. The zero-order chi connectivity index (χ0) is 60.6. The maximum atomic E-state index is 10.1. The van der Waals surface area contributed by atoms with Crippen molar-refractivity contribution in [3.8, 4) is 0 Å². The van der Waals surface area contributed by atoms with E-state index in [-0.39, 0.29) is 22.3 Å². The lowest BCUT2D eigenvalue weighted by Crippen LogP contribution is -2.28. The monoisotopic (exact) mass is 1090 g/mol. The molecule has 0 saturated carbocycles. The maximum absolute atomic E-state index is 10.1. The van der Waals surface area contributed by atoms with Crippen LogP contribution >= 0.6 is 0 Å². The molecule has 0 aliphatic heterocycles. The summed E-state index contributed by atoms with van der Waals surface area (Å²) in [5, 5.41) is 10.1. The van der Waals surface area contributed by atoms with Crippen LogP contribution in [0.4, 0.5) is 0 Å². The molecule has 0 saturated heterocycles. The summed E-state index contributed by atoms with van der Waals surface area (Å²) < 4.78 is 0. The fourth-order valence-corrected chi connectivity index (χ4v) is 10.3. The molecule has 0 aromatic carbocycles. The maximum Gasteiger partial charge on any atom is 0.0585 e. The molecule has 1 atom stereocenters. The van der Waals surface area contributed by atoms with Crippen LogP contribution in [0.1, 0.15) is 190 Å². The lowest BCUT2D eigenvalue weighted by atomic mass is 9.71. The van der Waals surface area contributed by atoms with Gasteiger partial charge >= 0.3 is 0 Å². The molecule has 1 heteroatoms. The molecule has 3 aliphatic rings. The van der Waals surface area contributed by atoms with Gasteiger partial charge in [-0.3, -0.25) is 0 Å². The first-order valence-corrected chi connectivity index (χ1v) is 30.0. The highest BCUT2D eigenvalue weighted by atomic mass is 16.3. The lowest BCUT2D eigenvalue weighted by molar-refractivity contribution is 0.116. The zero-order valence-corrected chi connectivity index (χ0v) is 54.7. The molecule has 1 nitrogen and oxygen atoms in total. The summed E-state index contributed by atoms with van der Waals surface area (Å²) in [5.41, 5.74) is 21.7. The molecule has 0 spiro atoms. The minimum absolute atomic E-state index is 0.0128. The Labute approximate surface area is 498 Å². The van der Waals surface area contributed by atoms with Gasteiger partial charge in [0.1, 0.15) is 0 Å². The second kappa shape index (κ2) is 36.9. The molecular formula is C80H110O. The highest BCUT2D eigenvalue weighted by Gasteiger charge is 2.31. The summed E-state index contributed by atoms with van der Waals surface area (Å²) in [6, 6.07) is 0. The lowest BCUT2D eigenvalue weighted by Gasteiger charge is -2.35.